The minimum Gasteiger partial charge on any atom is -0.447 e. The highest BCUT2D eigenvalue weighted by Gasteiger charge is 2.33. The fourth-order valence-electron chi connectivity index (χ4n) is 3.33. The molecule has 1 fully saturated rings. The molecule has 15 heteroatoms. The van der Waals surface area contributed by atoms with Gasteiger partial charge in [0.1, 0.15) is 19.3 Å². The van der Waals surface area contributed by atoms with E-state index in [1.54, 1.807) is 0 Å². The van der Waals surface area contributed by atoms with Crippen LogP contribution in [0.2, 0.25) is 4.34 Å². The molecule has 11 nitrogen and oxygen atoms in total. The molecule has 1 aromatic carbocycles. The Balaban J connectivity index is 1.79. The topological polar surface area (TPSA) is 138 Å². The second kappa shape index (κ2) is 13.3. The number of anilines is 2. The van der Waals surface area contributed by atoms with Crippen molar-refractivity contribution < 1.29 is 42.5 Å². The van der Waals surface area contributed by atoms with Crippen molar-refractivity contribution in [3.05, 3.63) is 45.6 Å². The minimum atomic E-state index is -3.31. The van der Waals surface area contributed by atoms with Crippen LogP contribution in [-0.4, -0.2) is 81.0 Å². The van der Waals surface area contributed by atoms with Crippen LogP contribution in [0.1, 0.15) is 9.67 Å². The fraction of sp³-hybridized carbons (Fsp3) is 0.364. The lowest BCUT2D eigenvalue weighted by Gasteiger charge is -2.29. The number of nitrogens with zero attached hydrogens (tertiary/aromatic N) is 2. The highest BCUT2D eigenvalue weighted by atomic mass is 35.5. The van der Waals surface area contributed by atoms with Crippen molar-refractivity contribution in [3.63, 3.8) is 0 Å². The molecule has 0 unspecified atom stereocenters. The molecule has 200 valence electrons. The lowest BCUT2D eigenvalue weighted by Crippen LogP contribution is -2.55. The van der Waals surface area contributed by atoms with Crippen molar-refractivity contribution in [1.82, 2.24) is 10.6 Å². The molecule has 1 saturated heterocycles. The molecule has 0 aliphatic carbocycles. The molecule has 1 atom stereocenters. The number of thiophene rings is 1. The highest BCUT2D eigenvalue weighted by Crippen LogP contribution is 2.25. The van der Waals surface area contributed by atoms with Crippen LogP contribution >= 0.6 is 22.9 Å². The first kappa shape index (κ1) is 28.2. The van der Waals surface area contributed by atoms with Crippen LogP contribution < -0.4 is 20.4 Å². The summed E-state index contributed by atoms with van der Waals surface area (Å²) in [7, 11) is 0. The maximum Gasteiger partial charge on any atom is 0.407 e. The molecule has 0 radical (unpaired) electrons. The third-order valence-electron chi connectivity index (χ3n) is 5.04. The lowest BCUT2D eigenvalue weighted by atomic mass is 10.2. The molecule has 1 aliphatic rings. The number of carbonyl (C=O) groups is 4. The summed E-state index contributed by atoms with van der Waals surface area (Å²) in [4.78, 5) is 51.4. The predicted octanol–water partition coefficient (Wildman–Crippen LogP) is 1.84. The monoisotopic (exact) mass is 560 g/mol. The fourth-order valence-corrected chi connectivity index (χ4v) is 4.29. The number of morpholine rings is 1. The summed E-state index contributed by atoms with van der Waals surface area (Å²) in [5.41, 5.74) is 0.221. The number of rotatable bonds is 10. The van der Waals surface area contributed by atoms with Crippen molar-refractivity contribution in [2.75, 3.05) is 49.3 Å². The molecule has 1 aromatic heterocycles. The van der Waals surface area contributed by atoms with E-state index in [2.05, 4.69) is 15.4 Å². The average molecular weight is 561 g/mol. The smallest absolute Gasteiger partial charge is 0.407 e. The van der Waals surface area contributed by atoms with Crippen molar-refractivity contribution in [2.24, 2.45) is 0 Å². The van der Waals surface area contributed by atoms with E-state index in [1.165, 1.54) is 41.3 Å². The summed E-state index contributed by atoms with van der Waals surface area (Å²) in [6.45, 7) is -4.26. The highest BCUT2D eigenvalue weighted by molar-refractivity contribution is 7.18. The third kappa shape index (κ3) is 7.58. The maximum atomic E-state index is 14.1. The van der Waals surface area contributed by atoms with Gasteiger partial charge in [-0.3, -0.25) is 19.3 Å². The number of amides is 4. The molecule has 0 saturated carbocycles. The number of carbonyl (C=O) groups excluding carboxylic acids is 4. The largest absolute Gasteiger partial charge is 0.447 e. The first-order valence-electron chi connectivity index (χ1n) is 10.9. The van der Waals surface area contributed by atoms with Gasteiger partial charge in [0, 0.05) is 24.5 Å². The van der Waals surface area contributed by atoms with Crippen molar-refractivity contribution in [1.29, 1.82) is 0 Å². The Morgan fingerprint density at radius 2 is 1.95 bits per heavy atom. The van der Waals surface area contributed by atoms with Gasteiger partial charge in [-0.15, -0.1) is 11.3 Å². The predicted molar refractivity (Wildman–Crippen MR) is 130 cm³/mol. The number of benzene rings is 1. The molecular weight excluding hydrogens is 538 g/mol. The van der Waals surface area contributed by atoms with Crippen molar-refractivity contribution >= 4 is 58.1 Å². The Kier molecular flexibility index (Phi) is 10.1. The lowest BCUT2D eigenvalue weighted by molar-refractivity contribution is -0.125. The minimum absolute atomic E-state index is 0.105. The molecule has 0 bridgehead atoms. The number of nitrogens with one attached hydrogen (secondary N) is 2. The second-order valence-electron chi connectivity index (χ2n) is 7.47. The van der Waals surface area contributed by atoms with Gasteiger partial charge in [0.15, 0.2) is 0 Å². The number of hydrogen-bond donors (Lipinski definition) is 3. The van der Waals surface area contributed by atoms with Crippen LogP contribution in [0.5, 0.6) is 0 Å². The summed E-state index contributed by atoms with van der Waals surface area (Å²) in [6, 6.07) is 6.54. The number of halogens is 3. The Labute approximate surface area is 218 Å². The second-order valence-corrected chi connectivity index (χ2v) is 9.19. The van der Waals surface area contributed by atoms with Gasteiger partial charge in [-0.1, -0.05) is 11.6 Å². The standard InChI is InChI=1S/C22H23ClF2N4O7S/c23-17-6-5-16(37-17)19(32)26-11-15(27-22(34)36-10-8-30)20(33)29(21(24)25)14-3-1-13(2-4-14)28-7-9-35-12-18(28)31/h1-6,15,21,30H,7-12H2,(H,26,32)(H,27,34)/t15-/m0/s1. The Morgan fingerprint density at radius 3 is 2.54 bits per heavy atom. The Hall–Kier alpha value is -3.33. The van der Waals surface area contributed by atoms with Crippen LogP contribution in [-0.2, 0) is 19.1 Å². The van der Waals surface area contributed by atoms with E-state index in [0.29, 0.717) is 16.6 Å². The quantitative estimate of drug-likeness (QED) is 0.377. The van der Waals surface area contributed by atoms with Gasteiger partial charge in [0.25, 0.3) is 17.7 Å². The van der Waals surface area contributed by atoms with Gasteiger partial charge in [-0.2, -0.15) is 8.78 Å². The van der Waals surface area contributed by atoms with Gasteiger partial charge in [0.2, 0.25) is 0 Å². The molecule has 4 amide bonds. The average Bonchev–Trinajstić information content (AvgIpc) is 3.32. The van der Waals surface area contributed by atoms with Crippen LogP contribution in [0, 0.1) is 0 Å². The zero-order chi connectivity index (χ0) is 26.9. The van der Waals surface area contributed by atoms with E-state index in [9.17, 15) is 28.0 Å². The first-order valence-corrected chi connectivity index (χ1v) is 12.1. The summed E-state index contributed by atoms with van der Waals surface area (Å²) in [6.07, 6.45) is -1.16. The maximum absolute atomic E-state index is 14.1. The van der Waals surface area contributed by atoms with E-state index in [0.717, 1.165) is 11.3 Å². The first-order chi connectivity index (χ1) is 17.7. The van der Waals surface area contributed by atoms with Gasteiger partial charge < -0.3 is 30.1 Å². The Bertz CT molecular complexity index is 1120. The number of alkyl carbamates (subject to hydrolysis) is 1. The van der Waals surface area contributed by atoms with E-state index in [-0.39, 0.29) is 34.5 Å². The van der Waals surface area contributed by atoms with Crippen molar-refractivity contribution in [3.8, 4) is 0 Å². The number of aliphatic hydroxyl groups is 1. The molecule has 37 heavy (non-hydrogen) atoms. The van der Waals surface area contributed by atoms with Crippen LogP contribution in [0.3, 0.4) is 0 Å². The summed E-state index contributed by atoms with van der Waals surface area (Å²) >= 11 is 6.79. The van der Waals surface area contributed by atoms with E-state index >= 15 is 0 Å². The van der Waals surface area contributed by atoms with Crippen LogP contribution in [0.25, 0.3) is 0 Å². The Morgan fingerprint density at radius 1 is 1.22 bits per heavy atom. The third-order valence-corrected chi connectivity index (χ3v) is 6.27. The zero-order valence-electron chi connectivity index (χ0n) is 19.2. The van der Waals surface area contributed by atoms with Gasteiger partial charge in [-0.25, -0.2) is 4.79 Å². The number of ether oxygens (including phenoxy) is 2. The van der Waals surface area contributed by atoms with Crippen LogP contribution in [0.4, 0.5) is 25.0 Å². The van der Waals surface area contributed by atoms with Gasteiger partial charge in [-0.05, 0) is 36.4 Å². The molecule has 1 aliphatic heterocycles. The van der Waals surface area contributed by atoms with Gasteiger partial charge >= 0.3 is 12.6 Å². The van der Waals surface area contributed by atoms with E-state index in [1.807, 2.05) is 0 Å². The van der Waals surface area contributed by atoms with Gasteiger partial charge in [0.05, 0.1) is 22.4 Å². The molecular formula is C22H23ClF2N4O7S. The SMILES string of the molecule is O=C(N[C@@H](CNC(=O)c1ccc(Cl)s1)C(=O)N(c1ccc(N2CCOCC2=O)cc1)C(F)F)OCCO. The van der Waals surface area contributed by atoms with Crippen molar-refractivity contribution in [2.45, 2.75) is 12.6 Å². The summed E-state index contributed by atoms with van der Waals surface area (Å²) < 4.78 is 38.2. The molecule has 2 heterocycles. The molecule has 2 aromatic rings. The number of alkyl halides is 2. The van der Waals surface area contributed by atoms with E-state index in [4.69, 9.17) is 21.4 Å². The molecule has 3 rings (SSSR count). The zero-order valence-corrected chi connectivity index (χ0v) is 20.8. The summed E-state index contributed by atoms with van der Waals surface area (Å²) in [5, 5.41) is 13.4. The number of aliphatic hydroxyl groups excluding tert-OH is 1. The normalized spacial score (nSPS) is 14.3. The molecule has 3 N–H and O–H groups in total. The van der Waals surface area contributed by atoms with E-state index < -0.39 is 50.3 Å². The molecule has 0 spiro atoms. The van der Waals surface area contributed by atoms with Crippen LogP contribution in [0.15, 0.2) is 36.4 Å². The number of hydrogen-bond acceptors (Lipinski definition) is 8. The summed E-state index contributed by atoms with van der Waals surface area (Å²) in [5.74, 6) is -2.17.